The summed E-state index contributed by atoms with van der Waals surface area (Å²) >= 11 is 0. The Hall–Kier alpha value is -2.97. The third-order valence-electron chi connectivity index (χ3n) is 6.58. The molecule has 5 nitrogen and oxygen atoms in total. The molecular formula is C27H35F4N3O2. The van der Waals surface area contributed by atoms with Gasteiger partial charge in [-0.3, -0.25) is 5.01 Å². The van der Waals surface area contributed by atoms with Gasteiger partial charge in [0.1, 0.15) is 34.8 Å². The minimum absolute atomic E-state index is 0.0371. The fourth-order valence-corrected chi connectivity index (χ4v) is 4.80. The maximum absolute atomic E-state index is 14.4. The van der Waals surface area contributed by atoms with Crippen LogP contribution in [0, 0.1) is 11.7 Å². The second kappa shape index (κ2) is 11.8. The van der Waals surface area contributed by atoms with E-state index in [1.807, 2.05) is 25.7 Å². The van der Waals surface area contributed by atoms with Gasteiger partial charge in [-0.1, -0.05) is 33.8 Å². The fourth-order valence-electron chi connectivity index (χ4n) is 4.80. The zero-order valence-corrected chi connectivity index (χ0v) is 21.5. The number of methoxy groups -OCH3 is 1. The minimum Gasteiger partial charge on any atom is -0.494 e. The van der Waals surface area contributed by atoms with E-state index in [0.717, 1.165) is 0 Å². The lowest BCUT2D eigenvalue weighted by atomic mass is 9.95. The molecule has 1 fully saturated rings. The highest BCUT2D eigenvalue weighted by Gasteiger charge is 2.47. The summed E-state index contributed by atoms with van der Waals surface area (Å²) in [6.45, 7) is 8.68. The van der Waals surface area contributed by atoms with E-state index in [1.165, 1.54) is 18.2 Å². The summed E-state index contributed by atoms with van der Waals surface area (Å²) in [5.74, 6) is 0.144. The Bertz CT molecular complexity index is 1020. The quantitative estimate of drug-likeness (QED) is 0.391. The average Bonchev–Trinajstić information content (AvgIpc) is 3.23. The van der Waals surface area contributed by atoms with Crippen LogP contribution in [0.1, 0.15) is 47.0 Å². The molecule has 0 radical (unpaired) electrons. The highest BCUT2D eigenvalue weighted by Crippen LogP contribution is 2.37. The number of para-hydroxylation sites is 1. The summed E-state index contributed by atoms with van der Waals surface area (Å²) in [6.07, 6.45) is -2.51. The molecule has 36 heavy (non-hydrogen) atoms. The number of halogens is 4. The van der Waals surface area contributed by atoms with E-state index >= 15 is 0 Å². The molecule has 2 aromatic carbocycles. The molecule has 0 saturated carbocycles. The number of hydrogen-bond acceptors (Lipinski definition) is 5. The second-order valence-electron chi connectivity index (χ2n) is 8.68. The molecule has 2 aliphatic rings. The van der Waals surface area contributed by atoms with Gasteiger partial charge in [0.15, 0.2) is 0 Å². The van der Waals surface area contributed by atoms with Gasteiger partial charge in [0.25, 0.3) is 0 Å². The van der Waals surface area contributed by atoms with Crippen molar-refractivity contribution in [2.75, 3.05) is 30.1 Å². The van der Waals surface area contributed by atoms with Crippen LogP contribution in [0.15, 0.2) is 47.6 Å². The molecule has 0 bridgehead atoms. The summed E-state index contributed by atoms with van der Waals surface area (Å²) < 4.78 is 65.8. The van der Waals surface area contributed by atoms with Crippen LogP contribution in [0.3, 0.4) is 0 Å². The molecule has 4 rings (SSSR count). The Labute approximate surface area is 210 Å². The molecule has 2 atom stereocenters. The molecule has 2 aliphatic heterocycles. The second-order valence-corrected chi connectivity index (χ2v) is 8.68. The van der Waals surface area contributed by atoms with Gasteiger partial charge in [-0.15, -0.1) is 0 Å². The predicted octanol–water partition coefficient (Wildman–Crippen LogP) is 7.06. The number of rotatable bonds is 6. The molecule has 0 spiro atoms. The summed E-state index contributed by atoms with van der Waals surface area (Å²) in [4.78, 5) is 1.97. The van der Waals surface area contributed by atoms with Crippen LogP contribution in [0.4, 0.5) is 28.9 Å². The van der Waals surface area contributed by atoms with Crippen LogP contribution >= 0.6 is 0 Å². The maximum atomic E-state index is 14.4. The van der Waals surface area contributed by atoms with E-state index in [4.69, 9.17) is 9.47 Å². The van der Waals surface area contributed by atoms with Crippen molar-refractivity contribution >= 4 is 17.1 Å². The lowest BCUT2D eigenvalue weighted by Gasteiger charge is -2.34. The highest BCUT2D eigenvalue weighted by atomic mass is 19.4. The fraction of sp³-hybridized carbons (Fsp3) is 0.519. The third-order valence-corrected chi connectivity index (χ3v) is 6.58. The largest absolute Gasteiger partial charge is 0.494 e. The van der Waals surface area contributed by atoms with E-state index in [9.17, 15) is 17.6 Å². The topological polar surface area (TPSA) is 37.3 Å². The molecule has 0 amide bonds. The number of alkyl halides is 3. The highest BCUT2D eigenvalue weighted by molar-refractivity contribution is 5.95. The number of hydrogen-bond donors (Lipinski definition) is 0. The zero-order chi connectivity index (χ0) is 26.5. The molecular weight excluding hydrogens is 474 g/mol. The van der Waals surface area contributed by atoms with Crippen LogP contribution in [0.25, 0.3) is 0 Å². The maximum Gasteiger partial charge on any atom is 0.431 e. The number of piperidine rings is 1. The van der Waals surface area contributed by atoms with E-state index in [-0.39, 0.29) is 18.0 Å². The first-order chi connectivity index (χ1) is 17.2. The standard InChI is InChI=1S/C25H29F4N3O2.C2H6/c1-4-21-16(2)24(25(27,28)29)30-32(21)17-8-10-18(11-9-17)34-19-12-14-31(15-13-19)23-20(26)6-5-7-22(23)33-3;1-2/h5-11,16,19,21H,4,12-15H2,1-3H3;1-2H3/t16?,21-;/m0./s1. The smallest absolute Gasteiger partial charge is 0.431 e. The molecule has 0 aromatic heterocycles. The SMILES string of the molecule is CC.CC[C@H]1C(C)C(C(F)(F)F)=NN1c1ccc(OC2CCN(c3c(F)cccc3OC)CC2)cc1. The van der Waals surface area contributed by atoms with Gasteiger partial charge in [-0.25, -0.2) is 4.39 Å². The van der Waals surface area contributed by atoms with Crippen LogP contribution in [-0.4, -0.2) is 44.2 Å². The minimum atomic E-state index is -4.44. The van der Waals surface area contributed by atoms with Crippen LogP contribution in [0.2, 0.25) is 0 Å². The van der Waals surface area contributed by atoms with Crippen molar-refractivity contribution in [3.63, 3.8) is 0 Å². The van der Waals surface area contributed by atoms with Gasteiger partial charge in [0, 0.05) is 31.8 Å². The molecule has 1 saturated heterocycles. The van der Waals surface area contributed by atoms with Gasteiger partial charge < -0.3 is 14.4 Å². The van der Waals surface area contributed by atoms with Crippen molar-refractivity contribution in [2.24, 2.45) is 11.0 Å². The van der Waals surface area contributed by atoms with Crippen LogP contribution in [0.5, 0.6) is 11.5 Å². The van der Waals surface area contributed by atoms with Crippen molar-refractivity contribution < 1.29 is 27.0 Å². The van der Waals surface area contributed by atoms with Crippen molar-refractivity contribution in [3.05, 3.63) is 48.3 Å². The van der Waals surface area contributed by atoms with Crippen molar-refractivity contribution in [3.8, 4) is 11.5 Å². The Morgan fingerprint density at radius 3 is 2.22 bits per heavy atom. The molecule has 198 valence electrons. The van der Waals surface area contributed by atoms with Crippen molar-refractivity contribution in [2.45, 2.75) is 65.3 Å². The van der Waals surface area contributed by atoms with E-state index in [1.54, 1.807) is 43.3 Å². The molecule has 2 heterocycles. The lowest BCUT2D eigenvalue weighted by Crippen LogP contribution is -2.38. The van der Waals surface area contributed by atoms with Gasteiger partial charge in [0.05, 0.1) is 18.8 Å². The molecule has 2 aromatic rings. The monoisotopic (exact) mass is 509 g/mol. The number of ether oxygens (including phenoxy) is 2. The van der Waals surface area contributed by atoms with Gasteiger partial charge >= 0.3 is 6.18 Å². The first-order valence-electron chi connectivity index (χ1n) is 12.5. The number of nitrogens with zero attached hydrogens (tertiary/aromatic N) is 3. The zero-order valence-electron chi connectivity index (χ0n) is 21.5. The number of anilines is 2. The number of benzene rings is 2. The average molecular weight is 510 g/mol. The summed E-state index contributed by atoms with van der Waals surface area (Å²) in [6, 6.07) is 11.5. The molecule has 9 heteroatoms. The van der Waals surface area contributed by atoms with Gasteiger partial charge in [-0.05, 0) is 42.8 Å². The summed E-state index contributed by atoms with van der Waals surface area (Å²) in [5.41, 5.74) is 0.335. The van der Waals surface area contributed by atoms with Crippen molar-refractivity contribution in [1.82, 2.24) is 0 Å². The third kappa shape index (κ3) is 5.87. The normalized spacial score (nSPS) is 20.5. The lowest BCUT2D eigenvalue weighted by molar-refractivity contribution is -0.0620. The summed E-state index contributed by atoms with van der Waals surface area (Å²) in [7, 11) is 1.53. The van der Waals surface area contributed by atoms with Crippen LogP contribution < -0.4 is 19.4 Å². The number of hydrazone groups is 1. The molecule has 0 aliphatic carbocycles. The first-order valence-corrected chi connectivity index (χ1v) is 12.5. The molecule has 0 N–H and O–H groups in total. The first kappa shape index (κ1) is 27.6. The Balaban J connectivity index is 0.00000176. The van der Waals surface area contributed by atoms with Gasteiger partial charge in [0.2, 0.25) is 0 Å². The predicted molar refractivity (Wildman–Crippen MR) is 136 cm³/mol. The molecule has 1 unspecified atom stereocenters. The Kier molecular flexibility index (Phi) is 9.08. The van der Waals surface area contributed by atoms with E-state index < -0.39 is 17.8 Å². The Morgan fingerprint density at radius 1 is 1.03 bits per heavy atom. The van der Waals surface area contributed by atoms with Crippen molar-refractivity contribution in [1.29, 1.82) is 0 Å². The Morgan fingerprint density at radius 2 is 1.67 bits per heavy atom. The van der Waals surface area contributed by atoms with E-state index in [2.05, 4.69) is 5.10 Å². The van der Waals surface area contributed by atoms with Gasteiger partial charge in [-0.2, -0.15) is 18.3 Å². The van der Waals surface area contributed by atoms with E-state index in [0.29, 0.717) is 55.2 Å². The van der Waals surface area contributed by atoms with Crippen LogP contribution in [-0.2, 0) is 0 Å². The summed E-state index contributed by atoms with van der Waals surface area (Å²) in [5, 5.41) is 5.37.